The third-order valence-electron chi connectivity index (χ3n) is 3.38. The molecule has 2 rings (SSSR count). The van der Waals surface area contributed by atoms with Crippen LogP contribution in [0.4, 0.5) is 32.0 Å². The van der Waals surface area contributed by atoms with Gasteiger partial charge in [-0.25, -0.2) is 8.42 Å². The van der Waals surface area contributed by atoms with Gasteiger partial charge in [0.05, 0.1) is 16.1 Å². The van der Waals surface area contributed by atoms with E-state index in [1.165, 1.54) is 24.3 Å². The van der Waals surface area contributed by atoms with E-state index in [1.54, 1.807) is 0 Å². The lowest BCUT2D eigenvalue weighted by atomic mass is 10.2. The lowest BCUT2D eigenvalue weighted by Gasteiger charge is -2.15. The monoisotopic (exact) mass is 451 g/mol. The van der Waals surface area contributed by atoms with Crippen LogP contribution in [-0.4, -0.2) is 26.2 Å². The fourth-order valence-electron chi connectivity index (χ4n) is 2.05. The lowest BCUT2D eigenvalue weighted by Crippen LogP contribution is -2.20. The third kappa shape index (κ3) is 5.86. The first-order chi connectivity index (χ1) is 13.8. The van der Waals surface area contributed by atoms with Gasteiger partial charge in [0.1, 0.15) is 11.8 Å². The summed E-state index contributed by atoms with van der Waals surface area (Å²) in [6.45, 7) is -1.82. The number of nitrogens with one attached hydrogen (secondary N) is 1. The van der Waals surface area contributed by atoms with Crippen LogP contribution in [0.25, 0.3) is 0 Å². The molecule has 0 radical (unpaired) electrons. The van der Waals surface area contributed by atoms with Gasteiger partial charge < -0.3 is 4.74 Å². The summed E-state index contributed by atoms with van der Waals surface area (Å²) in [5.41, 5.74) is -0.0949. The van der Waals surface area contributed by atoms with E-state index >= 15 is 0 Å². The fourth-order valence-corrected chi connectivity index (χ4v) is 3.07. The van der Waals surface area contributed by atoms with E-state index in [0.717, 1.165) is 12.1 Å². The molecule has 0 unspecified atom stereocenters. The minimum atomic E-state index is -4.85. The second-order valence-corrected chi connectivity index (χ2v) is 7.43. The van der Waals surface area contributed by atoms with Gasteiger partial charge in [-0.2, -0.15) is 36.7 Å². The molecule has 0 amide bonds. The molecule has 160 valence electrons. The molecule has 0 aromatic heterocycles. The molecule has 0 saturated heterocycles. The molecule has 0 atom stereocenters. The second kappa shape index (κ2) is 8.62. The van der Waals surface area contributed by atoms with Crippen LogP contribution in [0.1, 0.15) is 5.56 Å². The van der Waals surface area contributed by atoms with E-state index in [1.807, 2.05) is 5.43 Å². The molecule has 0 fully saturated rings. The van der Waals surface area contributed by atoms with Gasteiger partial charge in [-0.3, -0.25) is 5.43 Å². The molecule has 13 heteroatoms. The van der Waals surface area contributed by atoms with Crippen LogP contribution in [-0.2, 0) is 16.0 Å². The van der Waals surface area contributed by atoms with Crippen LogP contribution >= 0.6 is 0 Å². The van der Waals surface area contributed by atoms with Gasteiger partial charge in [0.25, 0.3) is 5.04 Å². The molecule has 0 aliphatic carbocycles. The predicted octanol–water partition coefficient (Wildman–Crippen LogP) is 4.37. The number of sulfone groups is 1. The van der Waals surface area contributed by atoms with Gasteiger partial charge in [-0.15, -0.1) is 0 Å². The van der Waals surface area contributed by atoms with Crippen molar-refractivity contribution in [1.29, 1.82) is 5.26 Å². The lowest BCUT2D eigenvalue weighted by molar-refractivity contribution is -0.153. The van der Waals surface area contributed by atoms with Crippen LogP contribution < -0.4 is 10.2 Å². The van der Waals surface area contributed by atoms with E-state index in [2.05, 4.69) is 9.84 Å². The number of hydrogen-bond donors (Lipinski definition) is 1. The van der Waals surface area contributed by atoms with Crippen molar-refractivity contribution < 1.29 is 39.5 Å². The summed E-state index contributed by atoms with van der Waals surface area (Å²) in [4.78, 5) is -0.315. The Balaban J connectivity index is 2.44. The highest BCUT2D eigenvalue weighted by atomic mass is 32.2. The van der Waals surface area contributed by atoms with Gasteiger partial charge in [0.2, 0.25) is 9.84 Å². The molecule has 0 spiro atoms. The first kappa shape index (κ1) is 23.0. The van der Waals surface area contributed by atoms with E-state index < -0.39 is 50.8 Å². The van der Waals surface area contributed by atoms with Crippen molar-refractivity contribution in [2.75, 3.05) is 12.0 Å². The van der Waals surface area contributed by atoms with Gasteiger partial charge in [-0.05, 0) is 30.3 Å². The van der Waals surface area contributed by atoms with Crippen molar-refractivity contribution in [2.24, 2.45) is 5.10 Å². The quantitative estimate of drug-likeness (QED) is 0.316. The van der Waals surface area contributed by atoms with Gasteiger partial charge in [0, 0.05) is 0 Å². The minimum Gasteiger partial charge on any atom is -0.482 e. The van der Waals surface area contributed by atoms with E-state index in [4.69, 9.17) is 5.26 Å². The van der Waals surface area contributed by atoms with Crippen LogP contribution in [0.2, 0.25) is 0 Å². The number of rotatable bonds is 5. The molecule has 1 N–H and O–H groups in total. The average Bonchev–Trinajstić information content (AvgIpc) is 2.66. The van der Waals surface area contributed by atoms with Crippen molar-refractivity contribution in [3.63, 3.8) is 0 Å². The molecule has 0 aliphatic rings. The van der Waals surface area contributed by atoms with Gasteiger partial charge in [0.15, 0.2) is 6.61 Å². The maximum absolute atomic E-state index is 12.9. The normalized spacial score (nSPS) is 12.9. The molecule has 2 aromatic rings. The summed E-state index contributed by atoms with van der Waals surface area (Å²) < 4.78 is 105. The molecule has 30 heavy (non-hydrogen) atoms. The number of nitrogens with zero attached hydrogens (tertiary/aromatic N) is 2. The Hall–Kier alpha value is -3.27. The highest BCUT2D eigenvalue weighted by Crippen LogP contribution is 2.35. The Morgan fingerprint density at radius 1 is 1.07 bits per heavy atom. The van der Waals surface area contributed by atoms with Crippen molar-refractivity contribution in [2.45, 2.75) is 17.2 Å². The Morgan fingerprint density at radius 2 is 1.70 bits per heavy atom. The van der Waals surface area contributed by atoms with E-state index in [-0.39, 0.29) is 4.90 Å². The largest absolute Gasteiger partial charge is 0.482 e. The van der Waals surface area contributed by atoms with Crippen molar-refractivity contribution in [1.82, 2.24) is 0 Å². The van der Waals surface area contributed by atoms with E-state index in [0.29, 0.717) is 18.2 Å². The van der Waals surface area contributed by atoms with Gasteiger partial charge >= 0.3 is 12.4 Å². The number of anilines is 1. The second-order valence-electron chi connectivity index (χ2n) is 5.57. The minimum absolute atomic E-state index is 0.315. The topological polar surface area (TPSA) is 91.5 Å². The molecule has 2 aromatic carbocycles. The highest BCUT2D eigenvalue weighted by molar-refractivity contribution is 8.07. The number of ether oxygens (including phenoxy) is 1. The zero-order valence-corrected chi connectivity index (χ0v) is 15.4. The molecule has 0 aliphatic heterocycles. The standard InChI is InChI=1S/C17H11F6N3O3S/c18-16(19,20)10-29-14-7-6-11(17(21,22)23)8-13(14)25-26-15(9-24)30(27,28)12-4-2-1-3-5-12/h1-8,25H,10H2. The Bertz CT molecular complexity index is 1070. The number of halogens is 6. The van der Waals surface area contributed by atoms with Crippen molar-refractivity contribution >= 4 is 20.6 Å². The summed E-state index contributed by atoms with van der Waals surface area (Å²) in [5.74, 6) is -0.682. The zero-order valence-electron chi connectivity index (χ0n) is 14.6. The number of nitriles is 1. The Labute approximate surface area is 166 Å². The maximum atomic E-state index is 12.9. The van der Waals surface area contributed by atoms with Crippen molar-refractivity contribution in [3.8, 4) is 11.8 Å². The summed E-state index contributed by atoms with van der Waals surface area (Å²) in [7, 11) is -4.42. The Kier molecular flexibility index (Phi) is 6.61. The predicted molar refractivity (Wildman–Crippen MR) is 93.3 cm³/mol. The molecular formula is C17H11F6N3O3S. The smallest absolute Gasteiger partial charge is 0.422 e. The van der Waals surface area contributed by atoms with Crippen molar-refractivity contribution in [3.05, 3.63) is 54.1 Å². The average molecular weight is 451 g/mol. The Morgan fingerprint density at radius 3 is 2.23 bits per heavy atom. The van der Waals surface area contributed by atoms with Crippen LogP contribution in [0.3, 0.4) is 0 Å². The maximum Gasteiger partial charge on any atom is 0.422 e. The first-order valence-electron chi connectivity index (χ1n) is 7.79. The van der Waals surface area contributed by atoms with Crippen LogP contribution in [0.15, 0.2) is 58.5 Å². The van der Waals surface area contributed by atoms with E-state index in [9.17, 15) is 34.8 Å². The zero-order chi connectivity index (χ0) is 22.6. The van der Waals surface area contributed by atoms with Gasteiger partial charge in [-0.1, -0.05) is 18.2 Å². The molecule has 0 bridgehead atoms. The highest BCUT2D eigenvalue weighted by Gasteiger charge is 2.33. The molecule has 6 nitrogen and oxygen atoms in total. The number of hydrazone groups is 1. The summed E-state index contributed by atoms with van der Waals surface area (Å²) in [6.07, 6.45) is -9.63. The number of alkyl halides is 6. The summed E-state index contributed by atoms with van der Waals surface area (Å²) in [6, 6.07) is 9.31. The molecule has 0 heterocycles. The third-order valence-corrected chi connectivity index (χ3v) is 4.96. The van der Waals surface area contributed by atoms with Crippen LogP contribution in [0, 0.1) is 11.3 Å². The van der Waals surface area contributed by atoms with Crippen LogP contribution in [0.5, 0.6) is 5.75 Å². The summed E-state index contributed by atoms with van der Waals surface area (Å²) in [5, 5.41) is 11.3. The summed E-state index contributed by atoms with van der Waals surface area (Å²) >= 11 is 0. The first-order valence-corrected chi connectivity index (χ1v) is 9.27. The fraction of sp³-hybridized carbons (Fsp3) is 0.176. The molecule has 0 saturated carbocycles. The SMILES string of the molecule is N#CC(=NNc1cc(C(F)(F)F)ccc1OCC(F)(F)F)S(=O)(=O)c1ccccc1. The molecular weight excluding hydrogens is 440 g/mol. The number of hydrogen-bond acceptors (Lipinski definition) is 6. The number of benzene rings is 2.